The summed E-state index contributed by atoms with van der Waals surface area (Å²) in [7, 11) is -4.27. The van der Waals surface area contributed by atoms with Crippen molar-refractivity contribution in [2.75, 3.05) is 32.8 Å². The normalized spacial score (nSPS) is 17.4. The quantitative estimate of drug-likeness (QED) is 0.0876. The number of carbonyl (C=O) groups excluding carboxylic acids is 4. The lowest BCUT2D eigenvalue weighted by molar-refractivity contribution is -0.141. The molecule has 0 radical (unpaired) electrons. The lowest BCUT2D eigenvalue weighted by Crippen LogP contribution is -2.55. The van der Waals surface area contributed by atoms with Gasteiger partial charge >= 0.3 is 5.97 Å². The van der Waals surface area contributed by atoms with Crippen LogP contribution in [0.2, 0.25) is 0 Å². The summed E-state index contributed by atoms with van der Waals surface area (Å²) in [5.74, 6) is -2.36. The number of benzene rings is 2. The van der Waals surface area contributed by atoms with Crippen molar-refractivity contribution in [1.82, 2.24) is 25.2 Å². The molecule has 0 aromatic heterocycles. The minimum atomic E-state index is -4.27. The molecule has 6 N–H and O–H groups in total. The van der Waals surface area contributed by atoms with Crippen LogP contribution in [0, 0.1) is 5.41 Å². The Hall–Kier alpha value is -4.24. The third kappa shape index (κ3) is 9.13. The molecule has 2 aromatic rings. The van der Waals surface area contributed by atoms with Crippen molar-refractivity contribution >= 4 is 50.4 Å². The van der Waals surface area contributed by atoms with Gasteiger partial charge in [-0.2, -0.15) is 4.72 Å². The number of esters is 1. The second-order valence-electron chi connectivity index (χ2n) is 11.0. The molecule has 0 bridgehead atoms. The molecule has 238 valence electrons. The standard InChI is InChI=1S/C29H39N7O7S/c1-19(37)43-14-12-32-27(39)18-36(23-9-10-23)28(40)25(16-26(38)33-22-7-4-13-35(17-22)29(30)31)34-44(41,42)24-11-8-20-5-2-3-6-21(20)15-24/h2-3,5-6,8,11,15,22-23,25,34H,4,7,9-10,12-14,16-18H2,1H3,(H3,30,31)(H,32,39)(H,33,38)/t22?,25-/m0/s1. The van der Waals surface area contributed by atoms with Crippen molar-refractivity contribution in [2.24, 2.45) is 5.73 Å². The van der Waals surface area contributed by atoms with Gasteiger partial charge in [-0.3, -0.25) is 24.6 Å². The molecule has 1 unspecified atom stereocenters. The largest absolute Gasteiger partial charge is 0.464 e. The Morgan fingerprint density at radius 2 is 1.82 bits per heavy atom. The number of rotatable bonds is 13. The third-order valence-electron chi connectivity index (χ3n) is 7.46. The Bertz CT molecular complexity index is 1510. The number of sulfonamides is 1. The van der Waals surface area contributed by atoms with Gasteiger partial charge in [0.25, 0.3) is 0 Å². The van der Waals surface area contributed by atoms with Gasteiger partial charge in [0.05, 0.1) is 24.4 Å². The van der Waals surface area contributed by atoms with Gasteiger partial charge in [-0.25, -0.2) is 8.42 Å². The smallest absolute Gasteiger partial charge is 0.302 e. The summed E-state index contributed by atoms with van der Waals surface area (Å²) in [6.07, 6.45) is 2.10. The van der Waals surface area contributed by atoms with Gasteiger partial charge in [-0.15, -0.1) is 0 Å². The second kappa shape index (κ2) is 14.5. The lowest BCUT2D eigenvalue weighted by Gasteiger charge is -2.33. The number of fused-ring (bicyclic) bond motifs is 1. The van der Waals surface area contributed by atoms with Crippen molar-refractivity contribution in [1.29, 1.82) is 5.41 Å². The van der Waals surface area contributed by atoms with Crippen LogP contribution >= 0.6 is 0 Å². The van der Waals surface area contributed by atoms with E-state index in [0.29, 0.717) is 44.2 Å². The van der Waals surface area contributed by atoms with Crippen molar-refractivity contribution < 1.29 is 32.3 Å². The molecule has 1 saturated carbocycles. The maximum atomic E-state index is 13.9. The number of amides is 3. The second-order valence-corrected chi connectivity index (χ2v) is 12.7. The summed E-state index contributed by atoms with van der Waals surface area (Å²) in [6.45, 7) is 1.82. The van der Waals surface area contributed by atoms with Crippen molar-refractivity contribution in [3.05, 3.63) is 42.5 Å². The molecule has 2 aliphatic rings. The Morgan fingerprint density at radius 1 is 1.09 bits per heavy atom. The Labute approximate surface area is 256 Å². The molecule has 4 rings (SSSR count). The molecule has 15 heteroatoms. The number of hydrogen-bond donors (Lipinski definition) is 5. The van der Waals surface area contributed by atoms with E-state index in [9.17, 15) is 27.6 Å². The summed E-state index contributed by atoms with van der Waals surface area (Å²) >= 11 is 0. The van der Waals surface area contributed by atoms with Crippen molar-refractivity contribution in [2.45, 2.75) is 62.0 Å². The van der Waals surface area contributed by atoms with E-state index in [1.165, 1.54) is 24.0 Å². The SMILES string of the molecule is CC(=O)OCCNC(=O)CN(C(=O)[C@H](CC(=O)NC1CCCN(C(=N)N)C1)NS(=O)(=O)c1ccc2ccccc2c1)C1CC1. The van der Waals surface area contributed by atoms with Crippen LogP contribution in [0.25, 0.3) is 10.8 Å². The average Bonchev–Trinajstić information content (AvgIpc) is 3.82. The molecule has 1 aliphatic heterocycles. The van der Waals surface area contributed by atoms with Crippen LogP contribution in [-0.4, -0.2) is 98.8 Å². The molecule has 1 heterocycles. The highest BCUT2D eigenvalue weighted by molar-refractivity contribution is 7.89. The van der Waals surface area contributed by atoms with Crippen LogP contribution < -0.4 is 21.1 Å². The monoisotopic (exact) mass is 629 g/mol. The maximum Gasteiger partial charge on any atom is 0.302 e. The number of hydrogen-bond acceptors (Lipinski definition) is 8. The number of nitrogens with two attached hydrogens (primary N) is 1. The van der Waals surface area contributed by atoms with E-state index in [1.807, 2.05) is 12.1 Å². The molecule has 1 aliphatic carbocycles. The first kappa shape index (κ1) is 32.7. The van der Waals surface area contributed by atoms with E-state index >= 15 is 0 Å². The zero-order chi connectivity index (χ0) is 31.9. The zero-order valence-corrected chi connectivity index (χ0v) is 25.4. The molecule has 2 fully saturated rings. The van der Waals surface area contributed by atoms with E-state index in [4.69, 9.17) is 15.9 Å². The predicted octanol–water partition coefficient (Wildman–Crippen LogP) is 0.0212. The molecule has 2 aromatic carbocycles. The van der Waals surface area contributed by atoms with Crippen LogP contribution in [0.15, 0.2) is 47.4 Å². The van der Waals surface area contributed by atoms with Gasteiger partial charge < -0.3 is 30.9 Å². The third-order valence-corrected chi connectivity index (χ3v) is 8.93. The van der Waals surface area contributed by atoms with Gasteiger partial charge in [-0.05, 0) is 48.6 Å². The first-order valence-electron chi connectivity index (χ1n) is 14.5. The van der Waals surface area contributed by atoms with E-state index in [2.05, 4.69) is 15.4 Å². The summed E-state index contributed by atoms with van der Waals surface area (Å²) in [5, 5.41) is 14.6. The topological polar surface area (TPSA) is 204 Å². The Kier molecular flexibility index (Phi) is 10.8. The molecule has 14 nitrogen and oxygen atoms in total. The molecular formula is C29H39N7O7S. The average molecular weight is 630 g/mol. The molecule has 1 saturated heterocycles. The van der Waals surface area contributed by atoms with Crippen LogP contribution in [0.5, 0.6) is 0 Å². The summed E-state index contributed by atoms with van der Waals surface area (Å²) in [6, 6.07) is 9.71. The fraction of sp³-hybridized carbons (Fsp3) is 0.483. The molecule has 3 amide bonds. The molecule has 44 heavy (non-hydrogen) atoms. The highest BCUT2D eigenvalue weighted by atomic mass is 32.2. The minimum Gasteiger partial charge on any atom is -0.464 e. The summed E-state index contributed by atoms with van der Waals surface area (Å²) < 4.78 is 34.4. The van der Waals surface area contributed by atoms with E-state index in [0.717, 1.165) is 5.39 Å². The van der Waals surface area contributed by atoms with Crippen LogP contribution in [0.4, 0.5) is 0 Å². The van der Waals surface area contributed by atoms with Crippen LogP contribution in [0.3, 0.4) is 0 Å². The lowest BCUT2D eigenvalue weighted by atomic mass is 10.1. The van der Waals surface area contributed by atoms with Gasteiger partial charge in [-0.1, -0.05) is 30.3 Å². The number of ether oxygens (including phenoxy) is 1. The van der Waals surface area contributed by atoms with Gasteiger partial charge in [0.2, 0.25) is 27.7 Å². The van der Waals surface area contributed by atoms with E-state index < -0.39 is 46.2 Å². The Balaban J connectivity index is 1.52. The number of nitrogens with zero attached hydrogens (tertiary/aromatic N) is 2. The fourth-order valence-corrected chi connectivity index (χ4v) is 6.35. The number of carbonyl (C=O) groups is 4. The van der Waals surface area contributed by atoms with Crippen LogP contribution in [0.1, 0.15) is 39.0 Å². The summed E-state index contributed by atoms with van der Waals surface area (Å²) in [5.41, 5.74) is 5.61. The highest BCUT2D eigenvalue weighted by Gasteiger charge is 2.39. The maximum absolute atomic E-state index is 13.9. The highest BCUT2D eigenvalue weighted by Crippen LogP contribution is 2.28. The Morgan fingerprint density at radius 3 is 2.50 bits per heavy atom. The van der Waals surface area contributed by atoms with E-state index in [1.54, 1.807) is 23.1 Å². The van der Waals surface area contributed by atoms with Crippen molar-refractivity contribution in [3.8, 4) is 0 Å². The van der Waals surface area contributed by atoms with Gasteiger partial charge in [0.15, 0.2) is 5.96 Å². The summed E-state index contributed by atoms with van der Waals surface area (Å²) in [4.78, 5) is 53.6. The number of piperidine rings is 1. The fourth-order valence-electron chi connectivity index (χ4n) is 5.12. The molecule has 2 atom stereocenters. The molecular weight excluding hydrogens is 590 g/mol. The molecule has 0 spiro atoms. The minimum absolute atomic E-state index is 0.0327. The number of guanidine groups is 1. The predicted molar refractivity (Wildman–Crippen MR) is 162 cm³/mol. The van der Waals surface area contributed by atoms with Gasteiger partial charge in [0, 0.05) is 32.1 Å². The number of likely N-dealkylation sites (tertiary alicyclic amines) is 1. The van der Waals surface area contributed by atoms with Crippen molar-refractivity contribution in [3.63, 3.8) is 0 Å². The number of nitrogens with one attached hydrogen (secondary N) is 4. The van der Waals surface area contributed by atoms with Gasteiger partial charge in [0.1, 0.15) is 12.6 Å². The van der Waals surface area contributed by atoms with E-state index in [-0.39, 0.29) is 42.6 Å². The van der Waals surface area contributed by atoms with Crippen LogP contribution in [-0.2, 0) is 33.9 Å². The zero-order valence-electron chi connectivity index (χ0n) is 24.6. The first-order valence-corrected chi connectivity index (χ1v) is 16.0. The first-order chi connectivity index (χ1) is 20.9.